The van der Waals surface area contributed by atoms with Crippen LogP contribution in [0.15, 0.2) is 30.5 Å². The monoisotopic (exact) mass is 368 g/mol. The summed E-state index contributed by atoms with van der Waals surface area (Å²) in [5.41, 5.74) is 0.339. The van der Waals surface area contributed by atoms with Gasteiger partial charge in [0.25, 0.3) is 0 Å². The molecule has 25 heavy (non-hydrogen) atoms. The van der Waals surface area contributed by atoms with Crippen molar-refractivity contribution >= 4 is 23.4 Å². The summed E-state index contributed by atoms with van der Waals surface area (Å²) in [5, 5.41) is 0.401. The number of nitrogens with zero attached hydrogens (tertiary/aromatic N) is 2. The highest BCUT2D eigenvalue weighted by molar-refractivity contribution is 6.31. The maximum atomic E-state index is 13.7. The van der Waals surface area contributed by atoms with E-state index < -0.39 is 23.3 Å². The lowest BCUT2D eigenvalue weighted by molar-refractivity contribution is 0.0589. The summed E-state index contributed by atoms with van der Waals surface area (Å²) in [4.78, 5) is 17.6. The Hall–Kier alpha value is -2.21. The minimum absolute atomic E-state index is 0.138. The highest BCUT2D eigenvalue weighted by Crippen LogP contribution is 2.28. The Morgan fingerprint density at radius 2 is 1.92 bits per heavy atom. The van der Waals surface area contributed by atoms with E-state index in [1.54, 1.807) is 39.1 Å². The van der Waals surface area contributed by atoms with Crippen molar-refractivity contribution in [3.63, 3.8) is 0 Å². The van der Waals surface area contributed by atoms with Crippen LogP contribution in [0.5, 0.6) is 0 Å². The van der Waals surface area contributed by atoms with Crippen LogP contribution in [0.4, 0.5) is 19.3 Å². The molecule has 4 nitrogen and oxygen atoms in total. The molecule has 2 aromatic rings. The van der Waals surface area contributed by atoms with Crippen molar-refractivity contribution in [1.29, 1.82) is 0 Å². The van der Waals surface area contributed by atoms with Gasteiger partial charge in [0.15, 0.2) is 11.6 Å². The molecule has 1 amide bonds. The molecular weight excluding hydrogens is 350 g/mol. The SMILES string of the molecule is CN(C(=O)OC(C)(C)C)c1cc(F)c(F)cc1Cc1ncccc1Cl. The van der Waals surface area contributed by atoms with Gasteiger partial charge in [-0.15, -0.1) is 0 Å². The molecule has 0 aliphatic rings. The van der Waals surface area contributed by atoms with Crippen molar-refractivity contribution in [1.82, 2.24) is 4.98 Å². The molecule has 0 fully saturated rings. The van der Waals surface area contributed by atoms with E-state index in [1.807, 2.05) is 0 Å². The van der Waals surface area contributed by atoms with Gasteiger partial charge in [-0.3, -0.25) is 9.88 Å². The van der Waals surface area contributed by atoms with Crippen LogP contribution < -0.4 is 4.90 Å². The minimum Gasteiger partial charge on any atom is -0.443 e. The Balaban J connectivity index is 2.41. The van der Waals surface area contributed by atoms with E-state index in [0.717, 1.165) is 17.0 Å². The van der Waals surface area contributed by atoms with E-state index in [0.29, 0.717) is 16.3 Å². The van der Waals surface area contributed by atoms with Crippen LogP contribution in [-0.2, 0) is 11.2 Å². The summed E-state index contributed by atoms with van der Waals surface area (Å²) in [7, 11) is 1.43. The fourth-order valence-electron chi connectivity index (χ4n) is 2.19. The molecule has 0 bridgehead atoms. The molecular formula is C18H19ClF2N2O2. The van der Waals surface area contributed by atoms with Crippen LogP contribution in [-0.4, -0.2) is 23.7 Å². The fraction of sp³-hybridized carbons (Fsp3) is 0.333. The third-order valence-corrected chi connectivity index (χ3v) is 3.69. The van der Waals surface area contributed by atoms with Gasteiger partial charge in [0.1, 0.15) is 5.60 Å². The molecule has 7 heteroatoms. The molecule has 0 radical (unpaired) electrons. The lowest BCUT2D eigenvalue weighted by Gasteiger charge is -2.26. The number of ether oxygens (including phenoxy) is 1. The van der Waals surface area contributed by atoms with E-state index in [-0.39, 0.29) is 12.1 Å². The minimum atomic E-state index is -1.05. The summed E-state index contributed by atoms with van der Waals surface area (Å²) in [5.74, 6) is -2.07. The van der Waals surface area contributed by atoms with Gasteiger partial charge in [-0.2, -0.15) is 0 Å². The Bertz CT molecular complexity index is 791. The van der Waals surface area contributed by atoms with Crippen molar-refractivity contribution in [3.8, 4) is 0 Å². The fourth-order valence-corrected chi connectivity index (χ4v) is 2.38. The van der Waals surface area contributed by atoms with Crippen molar-refractivity contribution in [2.75, 3.05) is 11.9 Å². The molecule has 0 atom stereocenters. The van der Waals surface area contributed by atoms with Crippen molar-refractivity contribution in [2.45, 2.75) is 32.8 Å². The van der Waals surface area contributed by atoms with Gasteiger partial charge in [0.05, 0.1) is 16.4 Å². The number of halogens is 3. The van der Waals surface area contributed by atoms with E-state index in [4.69, 9.17) is 16.3 Å². The molecule has 1 aromatic heterocycles. The van der Waals surface area contributed by atoms with Gasteiger partial charge in [0.2, 0.25) is 0 Å². The van der Waals surface area contributed by atoms with Crippen molar-refractivity contribution in [2.24, 2.45) is 0 Å². The summed E-state index contributed by atoms with van der Waals surface area (Å²) in [6, 6.07) is 5.33. The van der Waals surface area contributed by atoms with Crippen LogP contribution in [0, 0.1) is 11.6 Å². The molecule has 134 valence electrons. The first-order valence-corrected chi connectivity index (χ1v) is 8.00. The maximum Gasteiger partial charge on any atom is 0.414 e. The van der Waals surface area contributed by atoms with E-state index in [2.05, 4.69) is 4.98 Å². The lowest BCUT2D eigenvalue weighted by Crippen LogP contribution is -2.34. The number of rotatable bonds is 3. The molecule has 0 saturated heterocycles. The standard InChI is InChI=1S/C18H19ClF2N2O2/c1-18(2,3)25-17(24)23(4)16-10-14(21)13(20)8-11(16)9-15-12(19)6-5-7-22-15/h5-8,10H,9H2,1-4H3. The van der Waals surface area contributed by atoms with Crippen molar-refractivity contribution in [3.05, 3.63) is 58.4 Å². The Kier molecular flexibility index (Phi) is 5.62. The zero-order valence-electron chi connectivity index (χ0n) is 14.4. The highest BCUT2D eigenvalue weighted by atomic mass is 35.5. The van der Waals surface area contributed by atoms with E-state index in [1.165, 1.54) is 7.05 Å². The topological polar surface area (TPSA) is 42.4 Å². The number of pyridine rings is 1. The number of carbonyl (C=O) groups excluding carboxylic acids is 1. The van der Waals surface area contributed by atoms with Crippen LogP contribution in [0.1, 0.15) is 32.0 Å². The van der Waals surface area contributed by atoms with Gasteiger partial charge >= 0.3 is 6.09 Å². The number of anilines is 1. The number of carbonyl (C=O) groups is 1. The molecule has 0 aliphatic carbocycles. The Morgan fingerprint density at radius 1 is 1.28 bits per heavy atom. The molecule has 0 N–H and O–H groups in total. The number of hydrogen-bond acceptors (Lipinski definition) is 3. The third-order valence-electron chi connectivity index (χ3n) is 3.34. The Morgan fingerprint density at radius 3 is 2.52 bits per heavy atom. The molecule has 1 heterocycles. The number of amides is 1. The van der Waals surface area contributed by atoms with E-state index >= 15 is 0 Å². The van der Waals surface area contributed by atoms with Crippen molar-refractivity contribution < 1.29 is 18.3 Å². The number of aromatic nitrogens is 1. The van der Waals surface area contributed by atoms with Gasteiger partial charge in [-0.25, -0.2) is 13.6 Å². The normalized spacial score (nSPS) is 11.3. The van der Waals surface area contributed by atoms with Crippen LogP contribution >= 0.6 is 11.6 Å². The zero-order chi connectivity index (χ0) is 18.8. The van der Waals surface area contributed by atoms with Crippen LogP contribution in [0.3, 0.4) is 0 Å². The first kappa shape index (κ1) is 19.1. The number of benzene rings is 1. The van der Waals surface area contributed by atoms with Gasteiger partial charge in [-0.1, -0.05) is 11.6 Å². The highest BCUT2D eigenvalue weighted by Gasteiger charge is 2.24. The predicted molar refractivity (Wildman–Crippen MR) is 93.0 cm³/mol. The zero-order valence-corrected chi connectivity index (χ0v) is 15.2. The average molecular weight is 369 g/mol. The summed E-state index contributed by atoms with van der Waals surface area (Å²) < 4.78 is 32.8. The largest absolute Gasteiger partial charge is 0.443 e. The molecule has 1 aromatic carbocycles. The second-order valence-corrected chi connectivity index (χ2v) is 6.95. The Labute approximate surface area is 150 Å². The quantitative estimate of drug-likeness (QED) is 0.767. The first-order chi connectivity index (χ1) is 11.6. The third kappa shape index (κ3) is 4.89. The predicted octanol–water partition coefficient (Wildman–Crippen LogP) is 4.98. The van der Waals surface area contributed by atoms with Gasteiger partial charge < -0.3 is 4.74 Å². The summed E-state index contributed by atoms with van der Waals surface area (Å²) in [6.07, 6.45) is 1.02. The summed E-state index contributed by atoms with van der Waals surface area (Å²) >= 11 is 6.09. The van der Waals surface area contributed by atoms with Gasteiger partial charge in [0, 0.05) is 25.7 Å². The smallest absolute Gasteiger partial charge is 0.414 e. The lowest BCUT2D eigenvalue weighted by atomic mass is 10.1. The molecule has 0 saturated carbocycles. The van der Waals surface area contributed by atoms with Crippen LogP contribution in [0.2, 0.25) is 5.02 Å². The molecule has 0 aliphatic heterocycles. The van der Waals surface area contributed by atoms with Gasteiger partial charge in [-0.05, 0) is 44.5 Å². The first-order valence-electron chi connectivity index (χ1n) is 7.62. The second kappa shape index (κ2) is 7.35. The number of hydrogen-bond donors (Lipinski definition) is 0. The van der Waals surface area contributed by atoms with E-state index in [9.17, 15) is 13.6 Å². The van der Waals surface area contributed by atoms with Crippen LogP contribution in [0.25, 0.3) is 0 Å². The average Bonchev–Trinajstić information content (AvgIpc) is 2.50. The molecule has 0 unspecified atom stereocenters. The second-order valence-electron chi connectivity index (χ2n) is 6.54. The maximum absolute atomic E-state index is 13.7. The molecule has 0 spiro atoms. The molecule has 2 rings (SSSR count). The summed E-state index contributed by atoms with van der Waals surface area (Å²) in [6.45, 7) is 5.16.